The van der Waals surface area contributed by atoms with Crippen LogP contribution < -0.4 is 4.90 Å². The van der Waals surface area contributed by atoms with Crippen LogP contribution in [0, 0.1) is 6.92 Å². The van der Waals surface area contributed by atoms with Gasteiger partial charge in [-0.3, -0.25) is 4.79 Å². The Hall–Kier alpha value is -1.39. The Morgan fingerprint density at radius 1 is 1.33 bits per heavy atom. The highest BCUT2D eigenvalue weighted by molar-refractivity contribution is 5.95. The number of hydrogen-bond donors (Lipinski definition) is 2. The first-order chi connectivity index (χ1) is 8.72. The Labute approximate surface area is 108 Å². The minimum Gasteiger partial charge on any atom is -0.391 e. The Bertz CT molecular complexity index is 412. The number of quaternary nitrogens is 1. The number of aryl methyl sites for hydroxylation is 1. The Kier molecular flexibility index (Phi) is 4.33. The molecule has 0 aliphatic carbocycles. The van der Waals surface area contributed by atoms with E-state index in [9.17, 15) is 4.79 Å². The van der Waals surface area contributed by atoms with Gasteiger partial charge in [0.25, 0.3) is 5.91 Å². The molecule has 4 heteroatoms. The molecule has 0 bridgehead atoms. The van der Waals surface area contributed by atoms with E-state index in [2.05, 4.69) is 0 Å². The minimum atomic E-state index is 0.135. The van der Waals surface area contributed by atoms with Crippen LogP contribution in [0.1, 0.15) is 15.9 Å². The SMILES string of the molecule is Cc1ccccc1C(=O)N1CC[NH+](CCO)CC1. The number of rotatable bonds is 3. The molecule has 0 radical (unpaired) electrons. The van der Waals surface area contributed by atoms with Gasteiger partial charge in [-0.1, -0.05) is 18.2 Å². The van der Waals surface area contributed by atoms with Crippen LogP contribution in [0.5, 0.6) is 0 Å². The smallest absolute Gasteiger partial charge is 0.254 e. The van der Waals surface area contributed by atoms with Gasteiger partial charge in [-0.05, 0) is 18.6 Å². The molecule has 1 aliphatic heterocycles. The van der Waals surface area contributed by atoms with Crippen LogP contribution in [0.25, 0.3) is 0 Å². The van der Waals surface area contributed by atoms with Gasteiger partial charge < -0.3 is 14.9 Å². The second-order valence-electron chi connectivity index (χ2n) is 4.83. The zero-order valence-corrected chi connectivity index (χ0v) is 10.9. The largest absolute Gasteiger partial charge is 0.391 e. The molecule has 98 valence electrons. The van der Waals surface area contributed by atoms with Crippen molar-refractivity contribution >= 4 is 5.91 Å². The van der Waals surface area contributed by atoms with Crippen molar-refractivity contribution in [3.63, 3.8) is 0 Å². The van der Waals surface area contributed by atoms with E-state index in [0.717, 1.165) is 43.9 Å². The number of nitrogens with one attached hydrogen (secondary N) is 1. The molecule has 0 saturated carbocycles. The van der Waals surface area contributed by atoms with Crippen LogP contribution in [-0.4, -0.2) is 55.2 Å². The second kappa shape index (κ2) is 5.98. The third-order valence-corrected chi connectivity index (χ3v) is 3.60. The molecule has 1 aliphatic rings. The van der Waals surface area contributed by atoms with Crippen molar-refractivity contribution in [2.24, 2.45) is 0 Å². The molecule has 2 N–H and O–H groups in total. The maximum atomic E-state index is 12.4. The summed E-state index contributed by atoms with van der Waals surface area (Å²) in [5.41, 5.74) is 1.84. The van der Waals surface area contributed by atoms with Gasteiger partial charge in [0, 0.05) is 5.56 Å². The van der Waals surface area contributed by atoms with Crippen molar-refractivity contribution in [1.29, 1.82) is 0 Å². The topological polar surface area (TPSA) is 45.0 Å². The average molecular weight is 249 g/mol. The lowest BCUT2D eigenvalue weighted by Crippen LogP contribution is -3.15. The Morgan fingerprint density at radius 2 is 2.00 bits per heavy atom. The van der Waals surface area contributed by atoms with Crippen LogP contribution >= 0.6 is 0 Å². The van der Waals surface area contributed by atoms with E-state index < -0.39 is 0 Å². The summed E-state index contributed by atoms with van der Waals surface area (Å²) in [6.07, 6.45) is 0. The monoisotopic (exact) mass is 249 g/mol. The summed E-state index contributed by atoms with van der Waals surface area (Å²) in [6.45, 7) is 6.40. The predicted octanol–water partition coefficient (Wildman–Crippen LogP) is -0.672. The number of carbonyl (C=O) groups is 1. The molecule has 0 spiro atoms. The minimum absolute atomic E-state index is 0.135. The first kappa shape index (κ1) is 13.1. The van der Waals surface area contributed by atoms with E-state index in [1.54, 1.807) is 0 Å². The first-order valence-electron chi connectivity index (χ1n) is 6.51. The number of nitrogens with zero attached hydrogens (tertiary/aromatic N) is 1. The van der Waals surface area contributed by atoms with E-state index in [4.69, 9.17) is 5.11 Å². The molecule has 0 aromatic heterocycles. The van der Waals surface area contributed by atoms with Crippen molar-refractivity contribution in [2.75, 3.05) is 39.3 Å². The van der Waals surface area contributed by atoms with E-state index in [1.165, 1.54) is 4.90 Å². The quantitative estimate of drug-likeness (QED) is 0.746. The normalized spacial score (nSPS) is 16.9. The van der Waals surface area contributed by atoms with E-state index >= 15 is 0 Å². The molecule has 4 nitrogen and oxygen atoms in total. The van der Waals surface area contributed by atoms with Crippen LogP contribution in [0.3, 0.4) is 0 Å². The second-order valence-corrected chi connectivity index (χ2v) is 4.83. The van der Waals surface area contributed by atoms with Gasteiger partial charge in [-0.15, -0.1) is 0 Å². The molecule has 1 fully saturated rings. The molecule has 0 unspecified atom stereocenters. The van der Waals surface area contributed by atoms with Crippen LogP contribution in [0.4, 0.5) is 0 Å². The van der Waals surface area contributed by atoms with Gasteiger partial charge >= 0.3 is 0 Å². The van der Waals surface area contributed by atoms with Gasteiger partial charge in [-0.2, -0.15) is 0 Å². The number of aliphatic hydroxyl groups excluding tert-OH is 1. The highest BCUT2D eigenvalue weighted by Gasteiger charge is 2.24. The Morgan fingerprint density at radius 3 is 2.61 bits per heavy atom. The summed E-state index contributed by atoms with van der Waals surface area (Å²) < 4.78 is 0. The highest BCUT2D eigenvalue weighted by atomic mass is 16.3. The van der Waals surface area contributed by atoms with Gasteiger partial charge in [0.2, 0.25) is 0 Å². The highest BCUT2D eigenvalue weighted by Crippen LogP contribution is 2.10. The Balaban J connectivity index is 1.98. The lowest BCUT2D eigenvalue weighted by Gasteiger charge is -2.32. The molecule has 2 rings (SSSR count). The van der Waals surface area contributed by atoms with Gasteiger partial charge in [0.15, 0.2) is 0 Å². The maximum Gasteiger partial charge on any atom is 0.254 e. The van der Waals surface area contributed by atoms with Crippen molar-refractivity contribution in [1.82, 2.24) is 4.90 Å². The zero-order chi connectivity index (χ0) is 13.0. The number of benzene rings is 1. The molecule has 0 atom stereocenters. The molecule has 1 aromatic rings. The van der Waals surface area contributed by atoms with Crippen LogP contribution in [-0.2, 0) is 0 Å². The molecular weight excluding hydrogens is 228 g/mol. The zero-order valence-electron chi connectivity index (χ0n) is 10.9. The fourth-order valence-electron chi connectivity index (χ4n) is 2.42. The summed E-state index contributed by atoms with van der Waals surface area (Å²) in [7, 11) is 0. The fraction of sp³-hybridized carbons (Fsp3) is 0.500. The fourth-order valence-corrected chi connectivity index (χ4v) is 2.42. The molecular formula is C14H21N2O2+. The van der Waals surface area contributed by atoms with Gasteiger partial charge in [-0.25, -0.2) is 0 Å². The van der Waals surface area contributed by atoms with Gasteiger partial charge in [0.05, 0.1) is 32.8 Å². The van der Waals surface area contributed by atoms with Crippen LogP contribution in [0.2, 0.25) is 0 Å². The lowest BCUT2D eigenvalue weighted by atomic mass is 10.1. The van der Waals surface area contributed by atoms with Crippen molar-refractivity contribution in [3.8, 4) is 0 Å². The third kappa shape index (κ3) is 2.89. The lowest BCUT2D eigenvalue weighted by molar-refractivity contribution is -0.904. The summed E-state index contributed by atoms with van der Waals surface area (Å²) >= 11 is 0. The summed E-state index contributed by atoms with van der Waals surface area (Å²) in [5.74, 6) is 0.135. The molecule has 1 heterocycles. The maximum absolute atomic E-state index is 12.4. The standard InChI is InChI=1S/C14H20N2O2/c1-12-4-2-3-5-13(12)14(18)16-8-6-15(7-9-16)10-11-17/h2-5,17H,6-11H2,1H3/p+1. The van der Waals surface area contributed by atoms with Crippen molar-refractivity contribution in [3.05, 3.63) is 35.4 Å². The number of carbonyl (C=O) groups excluding carboxylic acids is 1. The number of aliphatic hydroxyl groups is 1. The summed E-state index contributed by atoms with van der Waals surface area (Å²) in [5, 5.41) is 8.91. The van der Waals surface area contributed by atoms with Gasteiger partial charge in [0.1, 0.15) is 6.54 Å². The molecule has 1 saturated heterocycles. The summed E-state index contributed by atoms with van der Waals surface area (Å²) in [6, 6.07) is 7.73. The molecule has 1 amide bonds. The van der Waals surface area contributed by atoms with Crippen molar-refractivity contribution in [2.45, 2.75) is 6.92 Å². The summed E-state index contributed by atoms with van der Waals surface area (Å²) in [4.78, 5) is 15.7. The number of amides is 1. The van der Waals surface area contributed by atoms with E-state index in [0.29, 0.717) is 0 Å². The van der Waals surface area contributed by atoms with Crippen molar-refractivity contribution < 1.29 is 14.8 Å². The predicted molar refractivity (Wildman–Crippen MR) is 69.7 cm³/mol. The van der Waals surface area contributed by atoms with Crippen LogP contribution in [0.15, 0.2) is 24.3 Å². The third-order valence-electron chi connectivity index (χ3n) is 3.60. The first-order valence-corrected chi connectivity index (χ1v) is 6.51. The van der Waals surface area contributed by atoms with E-state index in [-0.39, 0.29) is 12.5 Å². The number of piperazine rings is 1. The van der Waals surface area contributed by atoms with E-state index in [1.807, 2.05) is 36.1 Å². The molecule has 1 aromatic carbocycles. The molecule has 18 heavy (non-hydrogen) atoms. The number of hydrogen-bond acceptors (Lipinski definition) is 2. The average Bonchev–Trinajstić information content (AvgIpc) is 2.40.